The van der Waals surface area contributed by atoms with Gasteiger partial charge in [-0.3, -0.25) is 19.1 Å². The Hall–Kier alpha value is -4.42. The molecule has 2 aromatic rings. The molecule has 3 heterocycles. The third-order valence-electron chi connectivity index (χ3n) is 12.7. The van der Waals surface area contributed by atoms with Crippen LogP contribution in [0.4, 0.5) is 18.0 Å². The van der Waals surface area contributed by atoms with Gasteiger partial charge in [0, 0.05) is 12.0 Å². The number of aromatic nitrogens is 2. The number of methoxy groups -OCH3 is 1. The number of nitrogens with one attached hydrogen (secondary N) is 3. The van der Waals surface area contributed by atoms with Crippen molar-refractivity contribution in [1.82, 2.24) is 30.2 Å². The number of hydrogen-bond donors (Lipinski definition) is 3. The Bertz CT molecular complexity index is 2120. The standard InChI is InChI=1S/C40H53F3N6O9S/c1-7-22-28-19-49(30(22)33(50)47-40(18-23(40)32(42)43)36(52)48-59(54,55)39(5)14-15-39)35(51)31(38(2,3)4)46-37(53)58-27-16-20(27)10-8-9-11-24(41)29-34(57-28)45-26-17-21(56-6)12-13-25(26)44-29/h12-13,17,20,22-24,27-28,30-32H,7-11,14-16,18-19H2,1-6H3,(H,46,53)(H,47,50)(H,48,52). The first-order chi connectivity index (χ1) is 27.7. The van der Waals surface area contributed by atoms with E-state index in [0.29, 0.717) is 42.5 Å². The number of halogens is 3. The number of fused-ring (bicyclic) bond motifs is 5. The minimum atomic E-state index is -4.28. The molecular formula is C40H53F3N6O9S. The number of carbonyl (C=O) groups excluding carboxylic acids is 4. The van der Waals surface area contributed by atoms with E-state index in [2.05, 4.69) is 20.6 Å². The Morgan fingerprint density at radius 3 is 2.42 bits per heavy atom. The number of carbonyl (C=O) groups is 4. The Kier molecular flexibility index (Phi) is 11.3. The number of hydrogen-bond acceptors (Lipinski definition) is 11. The highest BCUT2D eigenvalue weighted by atomic mass is 32.2. The van der Waals surface area contributed by atoms with Crippen molar-refractivity contribution in [2.75, 3.05) is 13.7 Å². The molecule has 9 atom stereocenters. The Morgan fingerprint density at radius 1 is 1.08 bits per heavy atom. The molecule has 59 heavy (non-hydrogen) atoms. The third-order valence-corrected chi connectivity index (χ3v) is 14.9. The van der Waals surface area contributed by atoms with E-state index in [1.165, 1.54) is 18.9 Å². The maximum Gasteiger partial charge on any atom is 0.408 e. The fraction of sp³-hybridized carbons (Fsp3) is 0.700. The summed E-state index contributed by atoms with van der Waals surface area (Å²) in [5, 5.41) is 5.16. The number of nitrogens with zero attached hydrogens (tertiary/aromatic N) is 3. The maximum atomic E-state index is 16.3. The number of sulfonamides is 1. The normalized spacial score (nSPS) is 32.0. The first-order valence-corrected chi connectivity index (χ1v) is 21.8. The van der Waals surface area contributed by atoms with Gasteiger partial charge in [-0.15, -0.1) is 0 Å². The second kappa shape index (κ2) is 15.6. The molecule has 2 aliphatic heterocycles. The molecule has 1 aromatic carbocycles. The van der Waals surface area contributed by atoms with E-state index >= 15 is 4.39 Å². The molecule has 324 valence electrons. The van der Waals surface area contributed by atoms with E-state index < -0.39 is 98.6 Å². The molecular weight excluding hydrogens is 798 g/mol. The van der Waals surface area contributed by atoms with Crippen LogP contribution in [0.2, 0.25) is 0 Å². The van der Waals surface area contributed by atoms with E-state index in [9.17, 15) is 36.4 Å². The van der Waals surface area contributed by atoms with Crippen molar-refractivity contribution in [3.8, 4) is 11.6 Å². The highest BCUT2D eigenvalue weighted by Crippen LogP contribution is 2.50. The minimum absolute atomic E-state index is 0.0691. The van der Waals surface area contributed by atoms with Gasteiger partial charge in [0.2, 0.25) is 34.1 Å². The van der Waals surface area contributed by atoms with Gasteiger partial charge in [-0.1, -0.05) is 40.5 Å². The summed E-state index contributed by atoms with van der Waals surface area (Å²) in [6, 6.07) is 2.16. The molecule has 4 amide bonds. The van der Waals surface area contributed by atoms with Crippen LogP contribution in [0, 0.1) is 23.2 Å². The molecule has 3 N–H and O–H groups in total. The smallest absolute Gasteiger partial charge is 0.408 e. The second-order valence-corrected chi connectivity index (χ2v) is 20.3. The zero-order valence-electron chi connectivity index (χ0n) is 34.1. The van der Waals surface area contributed by atoms with E-state index in [-0.39, 0.29) is 55.8 Å². The highest BCUT2D eigenvalue weighted by Gasteiger charge is 2.68. The molecule has 5 aliphatic rings. The van der Waals surface area contributed by atoms with Crippen molar-refractivity contribution >= 4 is 44.9 Å². The van der Waals surface area contributed by atoms with Crippen molar-refractivity contribution in [2.24, 2.45) is 23.2 Å². The predicted octanol–water partition coefficient (Wildman–Crippen LogP) is 4.88. The molecule has 0 radical (unpaired) electrons. The summed E-state index contributed by atoms with van der Waals surface area (Å²) < 4.78 is 89.4. The summed E-state index contributed by atoms with van der Waals surface area (Å²) in [5.41, 5.74) is -2.62. The largest absolute Gasteiger partial charge is 0.497 e. The summed E-state index contributed by atoms with van der Waals surface area (Å²) in [6.45, 7) is 7.97. The van der Waals surface area contributed by atoms with Gasteiger partial charge in [0.25, 0.3) is 5.91 Å². The Balaban J connectivity index is 1.28. The van der Waals surface area contributed by atoms with Crippen molar-refractivity contribution < 1.29 is 55.0 Å². The van der Waals surface area contributed by atoms with E-state index in [4.69, 9.17) is 14.2 Å². The average Bonchev–Trinajstić information content (AvgIpc) is 4.12. The van der Waals surface area contributed by atoms with Crippen LogP contribution in [-0.4, -0.2) is 102 Å². The monoisotopic (exact) mass is 850 g/mol. The first kappa shape index (κ1) is 42.7. The molecule has 1 aromatic heterocycles. The zero-order chi connectivity index (χ0) is 42.8. The molecule has 9 unspecified atom stereocenters. The highest BCUT2D eigenvalue weighted by molar-refractivity contribution is 7.91. The van der Waals surface area contributed by atoms with E-state index in [0.717, 1.165) is 0 Å². The number of alkyl carbamates (subject to hydrolysis) is 1. The van der Waals surface area contributed by atoms with Crippen LogP contribution >= 0.6 is 0 Å². The van der Waals surface area contributed by atoms with Crippen LogP contribution in [0.1, 0.15) is 104 Å². The summed E-state index contributed by atoms with van der Waals surface area (Å²) in [5.74, 6) is -5.29. The Labute approximate surface area is 341 Å². The van der Waals surface area contributed by atoms with Crippen LogP contribution < -0.4 is 24.8 Å². The molecule has 3 aliphatic carbocycles. The van der Waals surface area contributed by atoms with E-state index in [1.807, 2.05) is 4.72 Å². The van der Waals surface area contributed by atoms with Gasteiger partial charge in [-0.2, -0.15) is 0 Å². The van der Waals surface area contributed by atoms with Crippen molar-refractivity contribution in [3.05, 3.63) is 23.9 Å². The predicted molar refractivity (Wildman–Crippen MR) is 207 cm³/mol. The van der Waals surface area contributed by atoms with Crippen LogP contribution in [0.3, 0.4) is 0 Å². The van der Waals surface area contributed by atoms with Gasteiger partial charge < -0.3 is 29.7 Å². The van der Waals surface area contributed by atoms with Crippen LogP contribution in [-0.2, 0) is 29.1 Å². The lowest BCUT2D eigenvalue weighted by atomic mass is 9.85. The van der Waals surface area contributed by atoms with Crippen LogP contribution in [0.5, 0.6) is 11.6 Å². The van der Waals surface area contributed by atoms with Crippen molar-refractivity contribution in [1.29, 1.82) is 0 Å². The first-order valence-electron chi connectivity index (χ1n) is 20.3. The summed E-state index contributed by atoms with van der Waals surface area (Å²) in [6.07, 6.45) is -4.31. The number of amides is 4. The quantitative estimate of drug-likeness (QED) is 0.328. The summed E-state index contributed by atoms with van der Waals surface area (Å²) in [4.78, 5) is 67.0. The van der Waals surface area contributed by atoms with Gasteiger partial charge in [-0.05, 0) is 75.3 Å². The molecule has 15 nitrogen and oxygen atoms in total. The molecule has 2 bridgehead atoms. The van der Waals surface area contributed by atoms with Gasteiger partial charge >= 0.3 is 6.09 Å². The zero-order valence-corrected chi connectivity index (χ0v) is 34.9. The fourth-order valence-corrected chi connectivity index (χ4v) is 9.72. The number of ether oxygens (including phenoxy) is 3. The third kappa shape index (κ3) is 8.36. The lowest BCUT2D eigenvalue weighted by molar-refractivity contribution is -0.144. The average molecular weight is 851 g/mol. The maximum absolute atomic E-state index is 16.3. The number of alkyl halides is 3. The van der Waals surface area contributed by atoms with Crippen LogP contribution in [0.15, 0.2) is 18.2 Å². The minimum Gasteiger partial charge on any atom is -0.497 e. The topological polar surface area (TPSA) is 195 Å². The SMILES string of the molecule is CCC1C2CN(C(=O)C(C(C)(C)C)NC(=O)OC3CC3CCCCC(F)c3nc4ccc(OC)cc4nc3O2)C1C(=O)NC1(C(=O)NS(=O)(=O)C2(C)CC2)CC1C(F)F. The lowest BCUT2D eigenvalue weighted by Gasteiger charge is -2.36. The molecule has 4 fully saturated rings. The molecule has 0 spiro atoms. The van der Waals surface area contributed by atoms with Crippen molar-refractivity contribution in [3.63, 3.8) is 0 Å². The number of benzene rings is 1. The second-order valence-electron chi connectivity index (χ2n) is 18.1. The molecule has 1 saturated heterocycles. The summed E-state index contributed by atoms with van der Waals surface area (Å²) >= 11 is 0. The van der Waals surface area contributed by atoms with Gasteiger partial charge in [0.1, 0.15) is 47.4 Å². The lowest BCUT2D eigenvalue weighted by Crippen LogP contribution is -2.61. The number of rotatable bonds is 8. The fourth-order valence-electron chi connectivity index (χ4n) is 8.41. The Morgan fingerprint density at radius 2 is 1.80 bits per heavy atom. The van der Waals surface area contributed by atoms with Gasteiger partial charge in [-0.25, -0.2) is 36.4 Å². The molecule has 19 heteroatoms. The van der Waals surface area contributed by atoms with Gasteiger partial charge in [0.15, 0.2) is 0 Å². The van der Waals surface area contributed by atoms with Gasteiger partial charge in [0.05, 0.1) is 35.4 Å². The molecule has 7 rings (SSSR count). The van der Waals surface area contributed by atoms with Crippen LogP contribution in [0.25, 0.3) is 11.0 Å². The summed E-state index contributed by atoms with van der Waals surface area (Å²) in [7, 11) is -2.80. The molecule has 3 saturated carbocycles. The van der Waals surface area contributed by atoms with E-state index in [1.54, 1.807) is 45.9 Å². The van der Waals surface area contributed by atoms with Crippen molar-refractivity contribution in [2.45, 2.75) is 140 Å².